The van der Waals surface area contributed by atoms with E-state index in [0.717, 1.165) is 30.9 Å². The van der Waals surface area contributed by atoms with Crippen molar-refractivity contribution in [3.05, 3.63) is 22.8 Å². The summed E-state index contributed by atoms with van der Waals surface area (Å²) in [6, 6.07) is 2.21. The number of methoxy groups -OCH3 is 1. The average Bonchev–Trinajstić information content (AvgIpc) is 2.39. The third kappa shape index (κ3) is 4.97. The maximum Gasteiger partial charge on any atom is 0.147 e. The Hall–Kier alpha value is -0.840. The van der Waals surface area contributed by atoms with Crippen molar-refractivity contribution in [2.75, 3.05) is 32.2 Å². The molecule has 108 valence electrons. The minimum Gasteiger partial charge on any atom is -0.383 e. The Morgan fingerprint density at radius 2 is 2.26 bits per heavy atom. The first kappa shape index (κ1) is 16.2. The third-order valence-corrected chi connectivity index (χ3v) is 3.32. The second kappa shape index (κ2) is 8.35. The zero-order valence-corrected chi connectivity index (χ0v) is 13.0. The molecule has 4 nitrogen and oxygen atoms in total. The Kier molecular flexibility index (Phi) is 7.13. The molecule has 0 aromatic carbocycles. The van der Waals surface area contributed by atoms with Crippen LogP contribution in [0.2, 0.25) is 5.02 Å². The monoisotopic (exact) mass is 285 g/mol. The van der Waals surface area contributed by atoms with Crippen molar-refractivity contribution < 1.29 is 4.74 Å². The van der Waals surface area contributed by atoms with Crippen molar-refractivity contribution in [3.63, 3.8) is 0 Å². The molecule has 0 aliphatic carbocycles. The summed E-state index contributed by atoms with van der Waals surface area (Å²) >= 11 is 6.31. The summed E-state index contributed by atoms with van der Waals surface area (Å²) in [5, 5.41) is 4.02. The van der Waals surface area contributed by atoms with Crippen molar-refractivity contribution in [3.8, 4) is 0 Å². The Bertz CT molecular complexity index is 387. The van der Waals surface area contributed by atoms with Crippen LogP contribution in [0.5, 0.6) is 0 Å². The van der Waals surface area contributed by atoms with Crippen molar-refractivity contribution in [1.82, 2.24) is 10.3 Å². The lowest BCUT2D eigenvalue weighted by molar-refractivity contribution is 0.183. The number of hydrogen-bond acceptors (Lipinski definition) is 4. The number of nitrogens with one attached hydrogen (secondary N) is 1. The molecule has 1 atom stereocenters. The van der Waals surface area contributed by atoms with E-state index >= 15 is 0 Å². The van der Waals surface area contributed by atoms with Crippen LogP contribution in [0.1, 0.15) is 25.8 Å². The number of hydrogen-bond donors (Lipinski definition) is 1. The third-order valence-electron chi connectivity index (χ3n) is 3.04. The fourth-order valence-electron chi connectivity index (χ4n) is 1.80. The highest BCUT2D eigenvalue weighted by molar-refractivity contribution is 6.33. The first-order valence-corrected chi connectivity index (χ1v) is 7.04. The lowest BCUT2D eigenvalue weighted by Crippen LogP contribution is -2.33. The van der Waals surface area contributed by atoms with Gasteiger partial charge in [0.1, 0.15) is 5.82 Å². The fourth-order valence-corrected chi connectivity index (χ4v) is 2.12. The molecule has 19 heavy (non-hydrogen) atoms. The minimum absolute atomic E-state index is 0.235. The molecule has 0 aliphatic rings. The highest BCUT2D eigenvalue weighted by Crippen LogP contribution is 2.24. The molecule has 0 saturated heterocycles. The van der Waals surface area contributed by atoms with E-state index in [1.165, 1.54) is 0 Å². The molecule has 1 rings (SSSR count). The summed E-state index contributed by atoms with van der Waals surface area (Å²) in [7, 11) is 3.68. The van der Waals surface area contributed by atoms with E-state index in [1.807, 2.05) is 24.2 Å². The van der Waals surface area contributed by atoms with Crippen molar-refractivity contribution in [2.45, 2.75) is 32.9 Å². The molecule has 1 aromatic heterocycles. The molecule has 0 bridgehead atoms. The number of anilines is 1. The van der Waals surface area contributed by atoms with E-state index in [0.29, 0.717) is 11.6 Å². The van der Waals surface area contributed by atoms with Gasteiger partial charge in [-0.3, -0.25) is 0 Å². The predicted molar refractivity (Wildman–Crippen MR) is 81.0 cm³/mol. The quantitative estimate of drug-likeness (QED) is 0.745. The molecule has 0 aliphatic heterocycles. The summed E-state index contributed by atoms with van der Waals surface area (Å²) in [6.45, 7) is 6.68. The van der Waals surface area contributed by atoms with E-state index in [4.69, 9.17) is 16.3 Å². The van der Waals surface area contributed by atoms with Crippen LogP contribution in [0.3, 0.4) is 0 Å². The Morgan fingerprint density at radius 1 is 1.53 bits per heavy atom. The van der Waals surface area contributed by atoms with Crippen molar-refractivity contribution in [1.29, 1.82) is 0 Å². The van der Waals surface area contributed by atoms with Gasteiger partial charge in [-0.1, -0.05) is 18.5 Å². The van der Waals surface area contributed by atoms with E-state index in [9.17, 15) is 0 Å². The smallest absolute Gasteiger partial charge is 0.147 e. The fraction of sp³-hybridized carbons (Fsp3) is 0.643. The number of halogens is 1. The topological polar surface area (TPSA) is 37.4 Å². The predicted octanol–water partition coefficient (Wildman–Crippen LogP) is 2.71. The highest BCUT2D eigenvalue weighted by Gasteiger charge is 2.14. The first-order chi connectivity index (χ1) is 9.10. The van der Waals surface area contributed by atoms with Gasteiger partial charge in [0.2, 0.25) is 0 Å². The van der Waals surface area contributed by atoms with E-state index in [1.54, 1.807) is 7.11 Å². The van der Waals surface area contributed by atoms with E-state index in [-0.39, 0.29) is 6.04 Å². The molecule has 0 amide bonds. The van der Waals surface area contributed by atoms with E-state index in [2.05, 4.69) is 24.1 Å². The van der Waals surface area contributed by atoms with Gasteiger partial charge in [0.05, 0.1) is 17.7 Å². The Labute approximate surface area is 121 Å². The SMILES string of the molecule is CCCNCc1cnc(N(C)C(C)COC)c(Cl)c1. The first-order valence-electron chi connectivity index (χ1n) is 6.67. The van der Waals surface area contributed by atoms with Gasteiger partial charge >= 0.3 is 0 Å². The molecule has 1 unspecified atom stereocenters. The number of likely N-dealkylation sites (N-methyl/N-ethyl adjacent to an activating group) is 1. The summed E-state index contributed by atoms with van der Waals surface area (Å²) in [5.74, 6) is 0.797. The van der Waals surface area contributed by atoms with Crippen molar-refractivity contribution >= 4 is 17.4 Å². The molecule has 0 spiro atoms. The van der Waals surface area contributed by atoms with E-state index < -0.39 is 0 Å². The summed E-state index contributed by atoms with van der Waals surface area (Å²) < 4.78 is 5.15. The van der Waals surface area contributed by atoms with Gasteiger partial charge in [-0.05, 0) is 31.5 Å². The van der Waals surface area contributed by atoms with Gasteiger partial charge < -0.3 is 15.0 Å². The largest absolute Gasteiger partial charge is 0.383 e. The lowest BCUT2D eigenvalue weighted by Gasteiger charge is -2.26. The molecule has 1 N–H and O–H groups in total. The van der Waals surface area contributed by atoms with Crippen LogP contribution in [0.25, 0.3) is 0 Å². The zero-order valence-electron chi connectivity index (χ0n) is 12.2. The highest BCUT2D eigenvalue weighted by atomic mass is 35.5. The van der Waals surface area contributed by atoms with Crippen LogP contribution >= 0.6 is 11.6 Å². The molecular formula is C14H24ClN3O. The average molecular weight is 286 g/mol. The summed E-state index contributed by atoms with van der Waals surface area (Å²) in [4.78, 5) is 6.50. The van der Waals surface area contributed by atoms with Gasteiger partial charge in [0.15, 0.2) is 0 Å². The normalized spacial score (nSPS) is 12.5. The van der Waals surface area contributed by atoms with Gasteiger partial charge in [0.25, 0.3) is 0 Å². The lowest BCUT2D eigenvalue weighted by atomic mass is 10.2. The van der Waals surface area contributed by atoms with Crippen LogP contribution in [0, 0.1) is 0 Å². The number of aromatic nitrogens is 1. The standard InChI is InChI=1S/C14H24ClN3O/c1-5-6-16-8-12-7-13(15)14(17-9-12)18(3)11(2)10-19-4/h7,9,11,16H,5-6,8,10H2,1-4H3. The molecule has 5 heteroatoms. The van der Waals surface area contributed by atoms with Gasteiger partial charge in [-0.25, -0.2) is 4.98 Å². The second-order valence-corrected chi connectivity index (χ2v) is 5.15. The van der Waals surface area contributed by atoms with Crippen molar-refractivity contribution in [2.24, 2.45) is 0 Å². The number of nitrogens with zero attached hydrogens (tertiary/aromatic N) is 2. The van der Waals surface area contributed by atoms with Crippen LogP contribution in [0.4, 0.5) is 5.82 Å². The Balaban J connectivity index is 2.70. The molecule has 1 aromatic rings. The maximum absolute atomic E-state index is 6.31. The summed E-state index contributed by atoms with van der Waals surface area (Å²) in [6.07, 6.45) is 3.00. The summed E-state index contributed by atoms with van der Waals surface area (Å²) in [5.41, 5.74) is 1.11. The zero-order chi connectivity index (χ0) is 14.3. The van der Waals surface area contributed by atoms with Crippen LogP contribution in [-0.2, 0) is 11.3 Å². The Morgan fingerprint density at radius 3 is 2.84 bits per heavy atom. The van der Waals surface area contributed by atoms with Crippen LogP contribution in [-0.4, -0.2) is 38.3 Å². The van der Waals surface area contributed by atoms with Gasteiger partial charge in [-0.2, -0.15) is 0 Å². The number of rotatable bonds is 8. The van der Waals surface area contributed by atoms with Crippen LogP contribution < -0.4 is 10.2 Å². The maximum atomic E-state index is 6.31. The molecule has 1 heterocycles. The molecule has 0 saturated carbocycles. The second-order valence-electron chi connectivity index (χ2n) is 4.74. The number of pyridine rings is 1. The minimum atomic E-state index is 0.235. The molecular weight excluding hydrogens is 262 g/mol. The molecule has 0 radical (unpaired) electrons. The molecule has 0 fully saturated rings. The number of ether oxygens (including phenoxy) is 1. The van der Waals surface area contributed by atoms with Crippen LogP contribution in [0.15, 0.2) is 12.3 Å². The van der Waals surface area contributed by atoms with Gasteiger partial charge in [-0.15, -0.1) is 0 Å². The van der Waals surface area contributed by atoms with Gasteiger partial charge in [0, 0.05) is 26.9 Å².